The Labute approximate surface area is 103 Å². The molecule has 0 fully saturated rings. The van der Waals surface area contributed by atoms with Crippen LogP contribution in [0.5, 0.6) is 0 Å². The molecule has 1 aromatic carbocycles. The molecule has 0 heterocycles. The van der Waals surface area contributed by atoms with Crippen molar-refractivity contribution in [1.82, 2.24) is 0 Å². The minimum absolute atomic E-state index is 0.0327. The fraction of sp³-hybridized carbons (Fsp3) is 0.333. The molecule has 0 aromatic heterocycles. The van der Waals surface area contributed by atoms with Gasteiger partial charge in [-0.2, -0.15) is 0 Å². The Morgan fingerprint density at radius 3 is 2.60 bits per heavy atom. The van der Waals surface area contributed by atoms with Gasteiger partial charge in [0.05, 0.1) is 11.4 Å². The number of aryl methyl sites for hydroxylation is 1. The number of rotatable bonds is 3. The Bertz CT molecular complexity index is 473. The molecule has 15 heavy (non-hydrogen) atoms. The average molecular weight is 313 g/mol. The summed E-state index contributed by atoms with van der Waals surface area (Å²) in [6.07, 6.45) is 0. The first-order valence-corrected chi connectivity index (χ1v) is 7.14. The Balaban J connectivity index is 3.12. The molecular formula is C9H11BrClNO2S. The SMILES string of the molecule is CCS(=O)(=O)Nc1cc(Cl)c(C)cc1Br. The fourth-order valence-electron chi connectivity index (χ4n) is 0.964. The maximum absolute atomic E-state index is 11.3. The maximum Gasteiger partial charge on any atom is 0.232 e. The van der Waals surface area contributed by atoms with Gasteiger partial charge in [-0.25, -0.2) is 8.42 Å². The van der Waals surface area contributed by atoms with Crippen molar-refractivity contribution in [2.45, 2.75) is 13.8 Å². The lowest BCUT2D eigenvalue weighted by Crippen LogP contribution is -2.14. The van der Waals surface area contributed by atoms with E-state index in [1.54, 1.807) is 19.1 Å². The second kappa shape index (κ2) is 4.72. The van der Waals surface area contributed by atoms with Crippen molar-refractivity contribution < 1.29 is 8.42 Å². The van der Waals surface area contributed by atoms with E-state index in [1.165, 1.54) is 0 Å². The van der Waals surface area contributed by atoms with Crippen LogP contribution in [0.3, 0.4) is 0 Å². The molecule has 3 nitrogen and oxygen atoms in total. The minimum atomic E-state index is -3.26. The van der Waals surface area contributed by atoms with Gasteiger partial charge in [-0.05, 0) is 47.5 Å². The van der Waals surface area contributed by atoms with Crippen molar-refractivity contribution in [2.75, 3.05) is 10.5 Å². The molecule has 1 rings (SSSR count). The van der Waals surface area contributed by atoms with Crippen molar-refractivity contribution in [3.05, 3.63) is 27.2 Å². The predicted molar refractivity (Wildman–Crippen MR) is 67.0 cm³/mol. The Kier molecular flexibility index (Phi) is 4.03. The minimum Gasteiger partial charge on any atom is -0.282 e. The van der Waals surface area contributed by atoms with Gasteiger partial charge in [0.15, 0.2) is 0 Å². The molecule has 0 unspecified atom stereocenters. The zero-order valence-electron chi connectivity index (χ0n) is 8.34. The number of hydrogen-bond donors (Lipinski definition) is 1. The number of benzene rings is 1. The fourth-order valence-corrected chi connectivity index (χ4v) is 2.46. The summed E-state index contributed by atoms with van der Waals surface area (Å²) < 4.78 is 25.8. The average Bonchev–Trinajstić information content (AvgIpc) is 2.14. The molecule has 6 heteroatoms. The summed E-state index contributed by atoms with van der Waals surface area (Å²) >= 11 is 9.18. The van der Waals surface area contributed by atoms with Gasteiger partial charge >= 0.3 is 0 Å². The lowest BCUT2D eigenvalue weighted by molar-refractivity contribution is 0.602. The van der Waals surface area contributed by atoms with Crippen molar-refractivity contribution >= 4 is 43.2 Å². The van der Waals surface area contributed by atoms with E-state index in [0.717, 1.165) is 5.56 Å². The molecule has 84 valence electrons. The Morgan fingerprint density at radius 2 is 2.07 bits per heavy atom. The van der Waals surface area contributed by atoms with E-state index in [0.29, 0.717) is 15.2 Å². The van der Waals surface area contributed by atoms with E-state index < -0.39 is 10.0 Å². The van der Waals surface area contributed by atoms with Gasteiger partial charge < -0.3 is 0 Å². The van der Waals surface area contributed by atoms with E-state index in [1.807, 2.05) is 6.92 Å². The summed E-state index contributed by atoms with van der Waals surface area (Å²) in [6, 6.07) is 3.37. The normalized spacial score (nSPS) is 11.5. The van der Waals surface area contributed by atoms with Gasteiger partial charge in [0.1, 0.15) is 0 Å². The zero-order valence-corrected chi connectivity index (χ0v) is 11.5. The van der Waals surface area contributed by atoms with Crippen LogP contribution in [0.25, 0.3) is 0 Å². The standard InChI is InChI=1S/C9H11BrClNO2S/c1-3-15(13,14)12-9-5-8(11)6(2)4-7(9)10/h4-5,12H,3H2,1-2H3. The predicted octanol–water partition coefficient (Wildman–Crippen LogP) is 3.17. The first-order valence-electron chi connectivity index (χ1n) is 4.32. The number of anilines is 1. The third kappa shape index (κ3) is 3.36. The smallest absolute Gasteiger partial charge is 0.232 e. The largest absolute Gasteiger partial charge is 0.282 e. The quantitative estimate of drug-likeness (QED) is 0.932. The van der Waals surface area contributed by atoms with Gasteiger partial charge in [-0.3, -0.25) is 4.72 Å². The van der Waals surface area contributed by atoms with Gasteiger partial charge in [-0.15, -0.1) is 0 Å². The molecule has 0 aliphatic carbocycles. The van der Waals surface area contributed by atoms with Crippen molar-refractivity contribution in [3.63, 3.8) is 0 Å². The number of hydrogen-bond acceptors (Lipinski definition) is 2. The lowest BCUT2D eigenvalue weighted by Gasteiger charge is -2.09. The van der Waals surface area contributed by atoms with Crippen molar-refractivity contribution in [2.24, 2.45) is 0 Å². The van der Waals surface area contributed by atoms with Crippen molar-refractivity contribution in [3.8, 4) is 0 Å². The monoisotopic (exact) mass is 311 g/mol. The summed E-state index contributed by atoms with van der Waals surface area (Å²) in [4.78, 5) is 0. The van der Waals surface area contributed by atoms with Gasteiger partial charge in [0.2, 0.25) is 10.0 Å². The summed E-state index contributed by atoms with van der Waals surface area (Å²) in [5.74, 6) is 0.0327. The highest BCUT2D eigenvalue weighted by molar-refractivity contribution is 9.10. The molecule has 0 aliphatic rings. The van der Waals surface area contributed by atoms with Gasteiger partial charge in [0.25, 0.3) is 0 Å². The summed E-state index contributed by atoms with van der Waals surface area (Å²) in [5.41, 5.74) is 1.36. The van der Waals surface area contributed by atoms with E-state index in [-0.39, 0.29) is 5.75 Å². The molecular weight excluding hydrogens is 302 g/mol. The van der Waals surface area contributed by atoms with Crippen molar-refractivity contribution in [1.29, 1.82) is 0 Å². The molecule has 0 atom stereocenters. The molecule has 0 saturated heterocycles. The Hall–Kier alpha value is -0.260. The molecule has 0 saturated carbocycles. The zero-order chi connectivity index (χ0) is 11.6. The van der Waals surface area contributed by atoms with Crippen LogP contribution < -0.4 is 4.72 Å². The molecule has 0 bridgehead atoms. The van der Waals surface area contributed by atoms with Gasteiger partial charge in [0, 0.05) is 9.50 Å². The van der Waals surface area contributed by atoms with Crippen LogP contribution in [0.1, 0.15) is 12.5 Å². The first kappa shape index (κ1) is 12.8. The summed E-state index contributed by atoms with van der Waals surface area (Å²) in [5, 5.41) is 0.534. The van der Waals surface area contributed by atoms with E-state index in [4.69, 9.17) is 11.6 Å². The molecule has 0 radical (unpaired) electrons. The van der Waals surface area contributed by atoms with E-state index in [9.17, 15) is 8.42 Å². The van der Waals surface area contributed by atoms with Crippen LogP contribution in [0.15, 0.2) is 16.6 Å². The topological polar surface area (TPSA) is 46.2 Å². The summed E-state index contributed by atoms with van der Waals surface area (Å²) in [6.45, 7) is 3.43. The highest BCUT2D eigenvalue weighted by Crippen LogP contribution is 2.29. The van der Waals surface area contributed by atoms with Crippen LogP contribution in [0, 0.1) is 6.92 Å². The first-order chi connectivity index (χ1) is 6.85. The third-order valence-corrected chi connectivity index (χ3v) is 4.25. The molecule has 0 amide bonds. The third-order valence-electron chi connectivity index (χ3n) is 1.89. The molecule has 1 N–H and O–H groups in total. The highest BCUT2D eigenvalue weighted by Gasteiger charge is 2.10. The summed E-state index contributed by atoms with van der Waals surface area (Å²) in [7, 11) is -3.26. The molecule has 1 aromatic rings. The number of halogens is 2. The maximum atomic E-state index is 11.3. The van der Waals surface area contributed by atoms with Crippen LogP contribution in [0.4, 0.5) is 5.69 Å². The lowest BCUT2D eigenvalue weighted by atomic mass is 10.2. The second-order valence-corrected chi connectivity index (χ2v) is 6.36. The van der Waals surface area contributed by atoms with Crippen LogP contribution in [0.2, 0.25) is 5.02 Å². The van der Waals surface area contributed by atoms with E-state index >= 15 is 0 Å². The van der Waals surface area contributed by atoms with Crippen LogP contribution >= 0.6 is 27.5 Å². The number of sulfonamides is 1. The second-order valence-electron chi connectivity index (χ2n) is 3.09. The van der Waals surface area contributed by atoms with Crippen LogP contribution in [-0.2, 0) is 10.0 Å². The van der Waals surface area contributed by atoms with Crippen LogP contribution in [-0.4, -0.2) is 14.2 Å². The Morgan fingerprint density at radius 1 is 1.47 bits per heavy atom. The van der Waals surface area contributed by atoms with E-state index in [2.05, 4.69) is 20.7 Å². The number of nitrogens with one attached hydrogen (secondary N) is 1. The highest BCUT2D eigenvalue weighted by atomic mass is 79.9. The van der Waals surface area contributed by atoms with Gasteiger partial charge in [-0.1, -0.05) is 11.6 Å². The molecule has 0 spiro atoms. The molecule has 0 aliphatic heterocycles.